The van der Waals surface area contributed by atoms with Gasteiger partial charge in [0.15, 0.2) is 5.13 Å². The fourth-order valence-corrected chi connectivity index (χ4v) is 5.69. The maximum atomic E-state index is 13.0. The molecule has 8 nitrogen and oxygen atoms in total. The summed E-state index contributed by atoms with van der Waals surface area (Å²) in [6, 6.07) is 15.3. The first-order valence-electron chi connectivity index (χ1n) is 11.5. The fourth-order valence-electron chi connectivity index (χ4n) is 4.93. The summed E-state index contributed by atoms with van der Waals surface area (Å²) in [4.78, 5) is 42.9. The van der Waals surface area contributed by atoms with Gasteiger partial charge in [-0.15, -0.1) is 0 Å². The summed E-state index contributed by atoms with van der Waals surface area (Å²) in [5.74, 6) is -1.23. The molecule has 0 bridgehead atoms. The molecule has 9 heteroatoms. The summed E-state index contributed by atoms with van der Waals surface area (Å²) in [6.07, 6.45) is 1.89. The standard InChI is InChI=1S/C26H25N3O5S/c1-15-10-11-21(24(31)32)29(13-15)23(30)22-12-27-25(35-22)28-26(33)34-14-20-18-8-4-2-6-16(18)17-7-3-5-9-19(17)20/h2-9,12,15,20-21H,10-11,13-14H2,1H3,(H,31,32)(H,27,28,33). The van der Waals surface area contributed by atoms with Crippen molar-refractivity contribution in [3.05, 3.63) is 70.7 Å². The number of amides is 2. The lowest BCUT2D eigenvalue weighted by molar-refractivity contribution is -0.143. The number of carboxylic acids is 1. The van der Waals surface area contributed by atoms with Gasteiger partial charge in [0.05, 0.1) is 6.20 Å². The number of piperidine rings is 1. The quantitative estimate of drug-likeness (QED) is 0.529. The van der Waals surface area contributed by atoms with Crippen molar-refractivity contribution < 1.29 is 24.2 Å². The number of likely N-dealkylation sites (tertiary alicyclic amines) is 1. The average molecular weight is 492 g/mol. The van der Waals surface area contributed by atoms with Crippen LogP contribution in [0.4, 0.5) is 9.93 Å². The summed E-state index contributed by atoms with van der Waals surface area (Å²) in [5, 5.41) is 12.3. The van der Waals surface area contributed by atoms with Crippen molar-refractivity contribution in [2.75, 3.05) is 18.5 Å². The number of carbonyl (C=O) groups excluding carboxylic acids is 2. The molecule has 1 aliphatic heterocycles. The summed E-state index contributed by atoms with van der Waals surface area (Å²) in [6.45, 7) is 2.54. The number of nitrogens with zero attached hydrogens (tertiary/aromatic N) is 2. The van der Waals surface area contributed by atoms with Gasteiger partial charge in [-0.3, -0.25) is 10.1 Å². The van der Waals surface area contributed by atoms with E-state index in [0.29, 0.717) is 13.0 Å². The first kappa shape index (κ1) is 23.0. The molecule has 0 spiro atoms. The lowest BCUT2D eigenvalue weighted by Crippen LogP contribution is -2.50. The molecule has 0 radical (unpaired) electrons. The molecular formula is C26H25N3O5S. The molecule has 2 amide bonds. The van der Waals surface area contributed by atoms with E-state index in [2.05, 4.69) is 22.4 Å². The highest BCUT2D eigenvalue weighted by atomic mass is 32.1. The maximum absolute atomic E-state index is 13.0. The summed E-state index contributed by atoms with van der Waals surface area (Å²) < 4.78 is 5.54. The Bertz CT molecular complexity index is 1240. The van der Waals surface area contributed by atoms with Gasteiger partial charge in [0, 0.05) is 12.5 Å². The lowest BCUT2D eigenvalue weighted by atomic mass is 9.94. The largest absolute Gasteiger partial charge is 0.480 e. The molecule has 2 unspecified atom stereocenters. The second kappa shape index (κ2) is 9.50. The Hall–Kier alpha value is -3.72. The molecule has 3 aromatic rings. The molecule has 2 aliphatic rings. The molecule has 1 aliphatic carbocycles. The molecule has 1 fully saturated rings. The number of aliphatic carboxylic acids is 1. The van der Waals surface area contributed by atoms with Gasteiger partial charge in [0.2, 0.25) is 0 Å². The molecule has 2 N–H and O–H groups in total. The average Bonchev–Trinajstić information content (AvgIpc) is 3.44. The van der Waals surface area contributed by atoms with Gasteiger partial charge in [0.25, 0.3) is 5.91 Å². The van der Waals surface area contributed by atoms with Crippen LogP contribution in [0.25, 0.3) is 11.1 Å². The Morgan fingerprint density at radius 1 is 1.09 bits per heavy atom. The number of carbonyl (C=O) groups is 3. The van der Waals surface area contributed by atoms with Gasteiger partial charge < -0.3 is 14.7 Å². The normalized spacial score (nSPS) is 19.1. The summed E-state index contributed by atoms with van der Waals surface area (Å²) in [7, 11) is 0. The van der Waals surface area contributed by atoms with Gasteiger partial charge in [-0.05, 0) is 41.0 Å². The second-order valence-electron chi connectivity index (χ2n) is 8.97. The van der Waals surface area contributed by atoms with Gasteiger partial charge in [-0.2, -0.15) is 0 Å². The zero-order valence-corrected chi connectivity index (χ0v) is 20.0. The molecule has 1 aromatic heterocycles. The van der Waals surface area contributed by atoms with Gasteiger partial charge >= 0.3 is 12.1 Å². The fraction of sp³-hybridized carbons (Fsp3) is 0.308. The van der Waals surface area contributed by atoms with Crippen molar-refractivity contribution >= 4 is 34.4 Å². The number of rotatable bonds is 5. The monoisotopic (exact) mass is 491 g/mol. The number of hydrogen-bond acceptors (Lipinski definition) is 6. The van der Waals surface area contributed by atoms with E-state index < -0.39 is 18.1 Å². The van der Waals surface area contributed by atoms with Crippen LogP contribution in [0.2, 0.25) is 0 Å². The highest BCUT2D eigenvalue weighted by Crippen LogP contribution is 2.44. The molecule has 2 heterocycles. The molecule has 0 saturated carbocycles. The van der Waals surface area contributed by atoms with E-state index in [1.54, 1.807) is 0 Å². The minimum Gasteiger partial charge on any atom is -0.480 e. The van der Waals surface area contributed by atoms with Crippen LogP contribution in [-0.2, 0) is 9.53 Å². The third-order valence-corrected chi connectivity index (χ3v) is 7.53. The number of thiazole rings is 1. The third kappa shape index (κ3) is 4.51. The van der Waals surface area contributed by atoms with E-state index in [0.717, 1.165) is 40.0 Å². The van der Waals surface area contributed by atoms with Crippen LogP contribution < -0.4 is 5.32 Å². The van der Waals surface area contributed by atoms with Crippen molar-refractivity contribution in [1.82, 2.24) is 9.88 Å². The topological polar surface area (TPSA) is 109 Å². The van der Waals surface area contributed by atoms with Gasteiger partial charge in [-0.25, -0.2) is 14.6 Å². The highest BCUT2D eigenvalue weighted by molar-refractivity contribution is 7.17. The van der Waals surface area contributed by atoms with Crippen LogP contribution in [0.3, 0.4) is 0 Å². The number of ether oxygens (including phenoxy) is 1. The minimum absolute atomic E-state index is 0.0596. The third-order valence-electron chi connectivity index (χ3n) is 6.63. The number of aromatic nitrogens is 1. The smallest absolute Gasteiger partial charge is 0.413 e. The molecule has 1 saturated heterocycles. The number of benzene rings is 2. The van der Waals surface area contributed by atoms with Crippen molar-refractivity contribution in [1.29, 1.82) is 0 Å². The van der Waals surface area contributed by atoms with Crippen LogP contribution in [0.15, 0.2) is 54.7 Å². The van der Waals surface area contributed by atoms with Crippen molar-refractivity contribution in [3.63, 3.8) is 0 Å². The summed E-state index contributed by atoms with van der Waals surface area (Å²) >= 11 is 1.01. The van der Waals surface area contributed by atoms with Crippen LogP contribution in [0.1, 0.15) is 46.5 Å². The molecule has 180 valence electrons. The Labute approximate surface area is 206 Å². The number of hydrogen-bond donors (Lipinski definition) is 2. The van der Waals surface area contributed by atoms with Crippen molar-refractivity contribution in [2.45, 2.75) is 31.7 Å². The first-order valence-corrected chi connectivity index (χ1v) is 12.4. The zero-order valence-electron chi connectivity index (χ0n) is 19.1. The first-order chi connectivity index (χ1) is 16.9. The number of nitrogens with one attached hydrogen (secondary N) is 1. The Morgan fingerprint density at radius 2 is 1.74 bits per heavy atom. The molecule has 35 heavy (non-hydrogen) atoms. The van der Waals surface area contributed by atoms with Gasteiger partial charge in [-0.1, -0.05) is 66.8 Å². The number of anilines is 1. The van der Waals surface area contributed by atoms with Crippen molar-refractivity contribution in [2.24, 2.45) is 5.92 Å². The highest BCUT2D eigenvalue weighted by Gasteiger charge is 2.36. The maximum Gasteiger partial charge on any atom is 0.413 e. The van der Waals surface area contributed by atoms with Crippen LogP contribution >= 0.6 is 11.3 Å². The minimum atomic E-state index is -1.01. The second-order valence-corrected chi connectivity index (χ2v) is 10.0. The van der Waals surface area contributed by atoms with E-state index in [4.69, 9.17) is 4.74 Å². The van der Waals surface area contributed by atoms with E-state index in [1.165, 1.54) is 11.1 Å². The molecule has 2 atom stereocenters. The molecular weight excluding hydrogens is 466 g/mol. The van der Waals surface area contributed by atoms with E-state index >= 15 is 0 Å². The Morgan fingerprint density at radius 3 is 2.40 bits per heavy atom. The Balaban J connectivity index is 1.23. The van der Waals surface area contributed by atoms with Gasteiger partial charge in [0.1, 0.15) is 17.5 Å². The van der Waals surface area contributed by atoms with Crippen LogP contribution in [-0.4, -0.2) is 52.2 Å². The predicted molar refractivity (Wildman–Crippen MR) is 132 cm³/mol. The summed E-state index contributed by atoms with van der Waals surface area (Å²) in [5.41, 5.74) is 4.53. The molecule has 2 aromatic carbocycles. The predicted octanol–water partition coefficient (Wildman–Crippen LogP) is 4.83. The lowest BCUT2D eigenvalue weighted by Gasteiger charge is -2.35. The van der Waals surface area contributed by atoms with E-state index in [9.17, 15) is 19.5 Å². The molecule has 5 rings (SSSR count). The van der Waals surface area contributed by atoms with Crippen LogP contribution in [0, 0.1) is 5.92 Å². The van der Waals surface area contributed by atoms with Crippen molar-refractivity contribution in [3.8, 4) is 11.1 Å². The van der Waals surface area contributed by atoms with E-state index in [-0.39, 0.29) is 34.4 Å². The zero-order chi connectivity index (χ0) is 24.5. The number of fused-ring (bicyclic) bond motifs is 3. The van der Waals surface area contributed by atoms with Crippen LogP contribution in [0.5, 0.6) is 0 Å². The SMILES string of the molecule is CC1CCC(C(=O)O)N(C(=O)c2cnc(NC(=O)OCC3c4ccccc4-c4ccccc43)s2)C1. The Kier molecular flexibility index (Phi) is 6.25. The van der Waals surface area contributed by atoms with E-state index in [1.807, 2.05) is 43.3 Å². The number of carboxylic acid groups (broad SMARTS) is 1.